The van der Waals surface area contributed by atoms with Crippen LogP contribution in [-0.2, 0) is 22.1 Å². The molecule has 3 aromatic rings. The topological polar surface area (TPSA) is 66.8 Å². The highest BCUT2D eigenvalue weighted by molar-refractivity contribution is 5.81. The third-order valence-corrected chi connectivity index (χ3v) is 6.28. The summed E-state index contributed by atoms with van der Waals surface area (Å²) in [6.45, 7) is 1.73. The number of alkyl halides is 3. The van der Waals surface area contributed by atoms with Gasteiger partial charge in [-0.2, -0.15) is 13.2 Å². The molecule has 0 saturated carbocycles. The number of benzene rings is 3. The first-order valence-electron chi connectivity index (χ1n) is 11.2. The monoisotopic (exact) mass is 483 g/mol. The SMILES string of the molecule is CCN(C(=O)OCC1c2ccccc2-c2ccccc21)[C@@H](Cc1ccc(C(F)(F)F)cc1)C(=O)O. The van der Waals surface area contributed by atoms with Crippen molar-refractivity contribution in [3.8, 4) is 11.1 Å². The van der Waals surface area contributed by atoms with Crippen LogP contribution in [0.2, 0.25) is 0 Å². The number of likely N-dealkylation sites (N-methyl/N-ethyl adjacent to an activating group) is 1. The normalized spacial score (nSPS) is 13.6. The number of carboxylic acid groups (broad SMARTS) is 1. The molecule has 0 unspecified atom stereocenters. The number of hydrogen-bond donors (Lipinski definition) is 1. The zero-order chi connectivity index (χ0) is 25.2. The van der Waals surface area contributed by atoms with E-state index in [0.29, 0.717) is 5.56 Å². The van der Waals surface area contributed by atoms with Gasteiger partial charge in [-0.15, -0.1) is 0 Å². The summed E-state index contributed by atoms with van der Waals surface area (Å²) in [5, 5.41) is 9.78. The highest BCUT2D eigenvalue weighted by Crippen LogP contribution is 2.44. The Labute approximate surface area is 200 Å². The average molecular weight is 483 g/mol. The van der Waals surface area contributed by atoms with E-state index in [1.807, 2.05) is 48.5 Å². The highest BCUT2D eigenvalue weighted by atomic mass is 19.4. The maximum atomic E-state index is 13.0. The summed E-state index contributed by atoms with van der Waals surface area (Å²) in [5.74, 6) is -1.44. The minimum absolute atomic E-state index is 0.0377. The number of ether oxygens (including phenoxy) is 1. The van der Waals surface area contributed by atoms with Crippen molar-refractivity contribution in [2.75, 3.05) is 13.2 Å². The van der Waals surface area contributed by atoms with Crippen LogP contribution in [0.5, 0.6) is 0 Å². The van der Waals surface area contributed by atoms with E-state index in [-0.39, 0.29) is 25.5 Å². The molecule has 0 radical (unpaired) electrons. The molecule has 1 aliphatic carbocycles. The van der Waals surface area contributed by atoms with Gasteiger partial charge >= 0.3 is 18.2 Å². The highest BCUT2D eigenvalue weighted by Gasteiger charge is 2.34. The maximum Gasteiger partial charge on any atom is 0.416 e. The summed E-state index contributed by atoms with van der Waals surface area (Å²) >= 11 is 0. The van der Waals surface area contributed by atoms with Gasteiger partial charge in [-0.05, 0) is 46.9 Å². The molecule has 1 aliphatic rings. The van der Waals surface area contributed by atoms with Crippen molar-refractivity contribution in [3.05, 3.63) is 95.1 Å². The number of nitrogens with zero attached hydrogens (tertiary/aromatic N) is 1. The molecule has 1 atom stereocenters. The fourth-order valence-corrected chi connectivity index (χ4v) is 4.54. The van der Waals surface area contributed by atoms with E-state index in [2.05, 4.69) is 0 Å². The fourth-order valence-electron chi connectivity index (χ4n) is 4.54. The number of aliphatic carboxylic acids is 1. The zero-order valence-electron chi connectivity index (χ0n) is 19.0. The number of halogens is 3. The second-order valence-electron chi connectivity index (χ2n) is 8.34. The number of fused-ring (bicyclic) bond motifs is 3. The van der Waals surface area contributed by atoms with E-state index in [1.54, 1.807) is 6.92 Å². The number of carbonyl (C=O) groups is 2. The van der Waals surface area contributed by atoms with Gasteiger partial charge in [0.1, 0.15) is 12.6 Å². The Morgan fingerprint density at radius 2 is 1.49 bits per heavy atom. The predicted molar refractivity (Wildman–Crippen MR) is 124 cm³/mol. The van der Waals surface area contributed by atoms with Crippen LogP contribution in [-0.4, -0.2) is 41.3 Å². The van der Waals surface area contributed by atoms with E-state index >= 15 is 0 Å². The Balaban J connectivity index is 1.49. The van der Waals surface area contributed by atoms with Crippen molar-refractivity contribution in [2.24, 2.45) is 0 Å². The molecule has 0 aromatic heterocycles. The minimum Gasteiger partial charge on any atom is -0.480 e. The molecular formula is C27H24F3NO4. The Morgan fingerprint density at radius 3 is 1.97 bits per heavy atom. The summed E-state index contributed by atoms with van der Waals surface area (Å²) in [7, 11) is 0. The van der Waals surface area contributed by atoms with E-state index < -0.39 is 29.8 Å². The standard InChI is InChI=1S/C27H24F3NO4/c1-2-31(24(25(32)33)15-17-11-13-18(14-12-17)27(28,29)30)26(34)35-16-23-21-9-5-3-7-19(21)20-8-4-6-10-22(20)23/h3-14,23-24H,2,15-16H2,1H3,(H,32,33)/t24-/m0/s1. The quantitative estimate of drug-likeness (QED) is 0.450. The van der Waals surface area contributed by atoms with Gasteiger partial charge in [0.05, 0.1) is 5.56 Å². The summed E-state index contributed by atoms with van der Waals surface area (Å²) in [4.78, 5) is 26.1. The van der Waals surface area contributed by atoms with Gasteiger partial charge < -0.3 is 9.84 Å². The summed E-state index contributed by atoms with van der Waals surface area (Å²) in [5.41, 5.74) is 3.75. The fraction of sp³-hybridized carbons (Fsp3) is 0.259. The lowest BCUT2D eigenvalue weighted by atomic mass is 9.98. The Hall–Kier alpha value is -3.81. The van der Waals surface area contributed by atoms with Crippen LogP contribution in [0.1, 0.15) is 35.1 Å². The first-order chi connectivity index (χ1) is 16.7. The van der Waals surface area contributed by atoms with Gasteiger partial charge in [0, 0.05) is 18.9 Å². The van der Waals surface area contributed by atoms with Gasteiger partial charge in [0.25, 0.3) is 0 Å². The molecule has 0 spiro atoms. The van der Waals surface area contributed by atoms with Crippen LogP contribution >= 0.6 is 0 Å². The molecule has 3 aromatic carbocycles. The summed E-state index contributed by atoms with van der Waals surface area (Å²) in [6, 6.07) is 18.7. The summed E-state index contributed by atoms with van der Waals surface area (Å²) in [6.07, 6.45) is -5.42. The van der Waals surface area contributed by atoms with Crippen molar-refractivity contribution in [1.82, 2.24) is 4.90 Å². The Kier molecular flexibility index (Phi) is 6.82. The van der Waals surface area contributed by atoms with Gasteiger partial charge in [0.2, 0.25) is 0 Å². The zero-order valence-corrected chi connectivity index (χ0v) is 19.0. The first kappa shape index (κ1) is 24.3. The van der Waals surface area contributed by atoms with Gasteiger partial charge in [0.15, 0.2) is 0 Å². The molecule has 0 heterocycles. The van der Waals surface area contributed by atoms with Crippen molar-refractivity contribution < 1.29 is 32.6 Å². The first-order valence-corrected chi connectivity index (χ1v) is 11.2. The van der Waals surface area contributed by atoms with Gasteiger partial charge in [-0.3, -0.25) is 4.90 Å². The van der Waals surface area contributed by atoms with Crippen molar-refractivity contribution in [2.45, 2.75) is 31.5 Å². The maximum absolute atomic E-state index is 13.0. The number of carbonyl (C=O) groups excluding carboxylic acids is 1. The molecule has 0 bridgehead atoms. The van der Waals surface area contributed by atoms with Gasteiger partial charge in [-0.1, -0.05) is 60.7 Å². The van der Waals surface area contributed by atoms with Crippen LogP contribution < -0.4 is 0 Å². The number of amides is 1. The smallest absolute Gasteiger partial charge is 0.416 e. The van der Waals surface area contributed by atoms with Crippen LogP contribution in [0, 0.1) is 0 Å². The van der Waals surface area contributed by atoms with Crippen molar-refractivity contribution in [3.63, 3.8) is 0 Å². The Bertz CT molecular complexity index is 1180. The van der Waals surface area contributed by atoms with E-state index in [1.165, 1.54) is 12.1 Å². The summed E-state index contributed by atoms with van der Waals surface area (Å²) < 4.78 is 44.1. The lowest BCUT2D eigenvalue weighted by Crippen LogP contribution is -2.46. The lowest BCUT2D eigenvalue weighted by molar-refractivity contribution is -0.142. The average Bonchev–Trinajstić information content (AvgIpc) is 3.16. The molecule has 4 rings (SSSR count). The molecule has 5 nitrogen and oxygen atoms in total. The third kappa shape index (κ3) is 5.01. The lowest BCUT2D eigenvalue weighted by Gasteiger charge is -2.28. The van der Waals surface area contributed by atoms with Crippen LogP contribution in [0.25, 0.3) is 11.1 Å². The van der Waals surface area contributed by atoms with E-state index in [9.17, 15) is 27.9 Å². The number of carboxylic acids is 1. The van der Waals surface area contributed by atoms with Crippen LogP contribution in [0.3, 0.4) is 0 Å². The second kappa shape index (κ2) is 9.82. The molecule has 35 heavy (non-hydrogen) atoms. The predicted octanol–water partition coefficient (Wildman–Crippen LogP) is 5.97. The number of hydrogen-bond acceptors (Lipinski definition) is 3. The molecule has 1 amide bonds. The molecule has 0 saturated heterocycles. The molecule has 8 heteroatoms. The Morgan fingerprint density at radius 1 is 0.943 bits per heavy atom. The van der Waals surface area contributed by atoms with Crippen molar-refractivity contribution >= 4 is 12.1 Å². The molecule has 0 fully saturated rings. The largest absolute Gasteiger partial charge is 0.480 e. The second-order valence-corrected chi connectivity index (χ2v) is 8.34. The number of rotatable bonds is 7. The molecular weight excluding hydrogens is 459 g/mol. The van der Waals surface area contributed by atoms with Crippen LogP contribution in [0.15, 0.2) is 72.8 Å². The van der Waals surface area contributed by atoms with Gasteiger partial charge in [-0.25, -0.2) is 9.59 Å². The van der Waals surface area contributed by atoms with Crippen molar-refractivity contribution in [1.29, 1.82) is 0 Å². The molecule has 1 N–H and O–H groups in total. The molecule has 0 aliphatic heterocycles. The van der Waals surface area contributed by atoms with E-state index in [0.717, 1.165) is 39.3 Å². The molecule has 182 valence electrons. The van der Waals surface area contributed by atoms with Crippen LogP contribution in [0.4, 0.5) is 18.0 Å². The third-order valence-electron chi connectivity index (χ3n) is 6.28. The minimum atomic E-state index is -4.48. The van der Waals surface area contributed by atoms with E-state index in [4.69, 9.17) is 4.74 Å².